The minimum Gasteiger partial charge on any atom is -0.452 e. The van der Waals surface area contributed by atoms with E-state index in [9.17, 15) is 0 Å². The molecule has 0 fully saturated rings. The Morgan fingerprint density at radius 3 is 2.44 bits per heavy atom. The van der Waals surface area contributed by atoms with E-state index >= 15 is 0 Å². The van der Waals surface area contributed by atoms with Crippen LogP contribution < -0.4 is 10.1 Å². The Balaban J connectivity index is 2.46. The molecule has 0 amide bonds. The molecule has 0 saturated heterocycles. The third-order valence-electron chi connectivity index (χ3n) is 2.36. The lowest BCUT2D eigenvalue weighted by molar-refractivity contribution is 0.485. The highest BCUT2D eigenvalue weighted by Crippen LogP contribution is 2.42. The number of anilines is 1. The molecule has 0 heterocycles. The fourth-order valence-electron chi connectivity index (χ4n) is 1.50. The SMILES string of the molecule is CNc1c(Br)ccc(Cl)c1Oc1ccccc1Cl. The van der Waals surface area contributed by atoms with Crippen LogP contribution in [0.2, 0.25) is 10.0 Å². The Hall–Kier alpha value is -0.900. The van der Waals surface area contributed by atoms with Crippen LogP contribution >= 0.6 is 39.1 Å². The molecule has 18 heavy (non-hydrogen) atoms. The van der Waals surface area contributed by atoms with E-state index in [1.54, 1.807) is 25.2 Å². The Bertz CT molecular complexity index is 575. The highest BCUT2D eigenvalue weighted by molar-refractivity contribution is 9.10. The molecule has 0 bridgehead atoms. The van der Waals surface area contributed by atoms with E-state index < -0.39 is 0 Å². The molecule has 1 N–H and O–H groups in total. The lowest BCUT2D eigenvalue weighted by Crippen LogP contribution is -1.95. The number of halogens is 3. The minimum absolute atomic E-state index is 0.516. The maximum Gasteiger partial charge on any atom is 0.170 e. The van der Waals surface area contributed by atoms with Crippen LogP contribution in [-0.2, 0) is 0 Å². The second-order valence-corrected chi connectivity index (χ2v) is 5.18. The molecule has 2 nitrogen and oxygen atoms in total. The predicted octanol–water partition coefficient (Wildman–Crippen LogP) is 5.59. The largest absolute Gasteiger partial charge is 0.452 e. The molecule has 0 atom stereocenters. The van der Waals surface area contributed by atoms with Crippen molar-refractivity contribution in [3.8, 4) is 11.5 Å². The quantitative estimate of drug-likeness (QED) is 0.782. The van der Waals surface area contributed by atoms with Crippen molar-refractivity contribution in [3.05, 3.63) is 50.9 Å². The molecule has 2 aromatic rings. The van der Waals surface area contributed by atoms with Crippen LogP contribution in [0, 0.1) is 0 Å². The molecule has 0 aliphatic heterocycles. The van der Waals surface area contributed by atoms with Crippen LogP contribution in [0.3, 0.4) is 0 Å². The first kappa shape index (κ1) is 13.5. The third kappa shape index (κ3) is 2.74. The van der Waals surface area contributed by atoms with Crippen molar-refractivity contribution in [1.29, 1.82) is 0 Å². The first-order chi connectivity index (χ1) is 8.63. The van der Waals surface area contributed by atoms with Crippen LogP contribution in [-0.4, -0.2) is 7.05 Å². The number of hydrogen-bond donors (Lipinski definition) is 1. The lowest BCUT2D eigenvalue weighted by Gasteiger charge is -2.14. The average molecular weight is 347 g/mol. The van der Waals surface area contributed by atoms with E-state index in [4.69, 9.17) is 27.9 Å². The summed E-state index contributed by atoms with van der Waals surface area (Å²) in [5.74, 6) is 1.11. The Labute approximate surface area is 124 Å². The number of rotatable bonds is 3. The first-order valence-corrected chi connectivity index (χ1v) is 6.76. The molecular formula is C13H10BrCl2NO. The van der Waals surface area contributed by atoms with Crippen molar-refractivity contribution in [2.45, 2.75) is 0 Å². The Kier molecular flexibility index (Phi) is 4.38. The highest BCUT2D eigenvalue weighted by atomic mass is 79.9. The van der Waals surface area contributed by atoms with E-state index in [0.29, 0.717) is 21.5 Å². The number of para-hydroxylation sites is 1. The summed E-state index contributed by atoms with van der Waals surface area (Å²) in [4.78, 5) is 0. The zero-order valence-corrected chi connectivity index (χ0v) is 12.6. The van der Waals surface area contributed by atoms with E-state index in [-0.39, 0.29) is 0 Å². The van der Waals surface area contributed by atoms with Gasteiger partial charge >= 0.3 is 0 Å². The van der Waals surface area contributed by atoms with Gasteiger partial charge in [0.15, 0.2) is 5.75 Å². The molecule has 0 radical (unpaired) electrons. The van der Waals surface area contributed by atoms with Gasteiger partial charge < -0.3 is 10.1 Å². The first-order valence-electron chi connectivity index (χ1n) is 5.21. The minimum atomic E-state index is 0.516. The molecular weight excluding hydrogens is 337 g/mol. The van der Waals surface area contributed by atoms with Gasteiger partial charge in [0.1, 0.15) is 5.75 Å². The second-order valence-electron chi connectivity index (χ2n) is 3.52. The van der Waals surface area contributed by atoms with Crippen molar-refractivity contribution in [3.63, 3.8) is 0 Å². The molecule has 2 aromatic carbocycles. The smallest absolute Gasteiger partial charge is 0.170 e. The molecule has 0 aliphatic carbocycles. The fourth-order valence-corrected chi connectivity index (χ4v) is 2.38. The number of benzene rings is 2. The van der Waals surface area contributed by atoms with Crippen LogP contribution in [0.15, 0.2) is 40.9 Å². The highest BCUT2D eigenvalue weighted by Gasteiger charge is 2.13. The lowest BCUT2D eigenvalue weighted by atomic mass is 10.3. The zero-order chi connectivity index (χ0) is 13.1. The molecule has 0 saturated carbocycles. The topological polar surface area (TPSA) is 21.3 Å². The normalized spacial score (nSPS) is 10.2. The average Bonchev–Trinajstić information content (AvgIpc) is 2.37. The van der Waals surface area contributed by atoms with Gasteiger partial charge in [-0.05, 0) is 40.2 Å². The van der Waals surface area contributed by atoms with E-state index in [1.807, 2.05) is 18.2 Å². The zero-order valence-electron chi connectivity index (χ0n) is 9.51. The van der Waals surface area contributed by atoms with Crippen molar-refractivity contribution in [2.24, 2.45) is 0 Å². The van der Waals surface area contributed by atoms with Crippen LogP contribution in [0.1, 0.15) is 0 Å². The second kappa shape index (κ2) is 5.83. The van der Waals surface area contributed by atoms with Crippen molar-refractivity contribution in [1.82, 2.24) is 0 Å². The predicted molar refractivity (Wildman–Crippen MR) is 80.2 cm³/mol. The Morgan fingerprint density at radius 2 is 1.78 bits per heavy atom. The van der Waals surface area contributed by atoms with Gasteiger partial charge in [-0.25, -0.2) is 0 Å². The van der Waals surface area contributed by atoms with Gasteiger partial charge in [-0.15, -0.1) is 0 Å². The molecule has 0 spiro atoms. The van der Waals surface area contributed by atoms with Gasteiger partial charge in [-0.2, -0.15) is 0 Å². The summed E-state index contributed by atoms with van der Waals surface area (Å²) in [5, 5.41) is 4.10. The molecule has 94 valence electrons. The van der Waals surface area contributed by atoms with Gasteiger partial charge in [0.2, 0.25) is 0 Å². The summed E-state index contributed by atoms with van der Waals surface area (Å²) >= 11 is 15.7. The third-order valence-corrected chi connectivity index (χ3v) is 3.63. The van der Waals surface area contributed by atoms with Crippen molar-refractivity contribution >= 4 is 44.8 Å². The molecule has 0 unspecified atom stereocenters. The van der Waals surface area contributed by atoms with E-state index in [0.717, 1.165) is 10.2 Å². The standard InChI is InChI=1S/C13H10BrCl2NO/c1-17-12-8(14)6-7-10(16)13(12)18-11-5-3-2-4-9(11)15/h2-7,17H,1H3. The van der Waals surface area contributed by atoms with Gasteiger partial charge in [0, 0.05) is 11.5 Å². The summed E-state index contributed by atoms with van der Waals surface area (Å²) in [7, 11) is 1.80. The van der Waals surface area contributed by atoms with Crippen molar-refractivity contribution < 1.29 is 4.74 Å². The molecule has 0 aromatic heterocycles. The number of ether oxygens (including phenoxy) is 1. The van der Waals surface area contributed by atoms with E-state index in [1.165, 1.54) is 0 Å². The molecule has 2 rings (SSSR count). The van der Waals surface area contributed by atoms with Gasteiger partial charge in [-0.3, -0.25) is 0 Å². The van der Waals surface area contributed by atoms with Gasteiger partial charge in [-0.1, -0.05) is 35.3 Å². The van der Waals surface area contributed by atoms with Crippen LogP contribution in [0.25, 0.3) is 0 Å². The van der Waals surface area contributed by atoms with Gasteiger partial charge in [0.05, 0.1) is 15.7 Å². The summed E-state index contributed by atoms with van der Waals surface area (Å²) in [6.45, 7) is 0. The summed E-state index contributed by atoms with van der Waals surface area (Å²) in [5.41, 5.74) is 0.780. The summed E-state index contributed by atoms with van der Waals surface area (Å²) < 4.78 is 6.66. The van der Waals surface area contributed by atoms with E-state index in [2.05, 4.69) is 21.2 Å². The maximum absolute atomic E-state index is 6.15. The molecule has 5 heteroatoms. The molecule has 0 aliphatic rings. The fraction of sp³-hybridized carbons (Fsp3) is 0.0769. The van der Waals surface area contributed by atoms with Crippen LogP contribution in [0.5, 0.6) is 11.5 Å². The summed E-state index contributed by atoms with van der Waals surface area (Å²) in [6.07, 6.45) is 0. The van der Waals surface area contributed by atoms with Crippen LogP contribution in [0.4, 0.5) is 5.69 Å². The van der Waals surface area contributed by atoms with Gasteiger partial charge in [0.25, 0.3) is 0 Å². The summed E-state index contributed by atoms with van der Waals surface area (Å²) in [6, 6.07) is 10.9. The number of hydrogen-bond acceptors (Lipinski definition) is 2. The maximum atomic E-state index is 6.15. The monoisotopic (exact) mass is 345 g/mol. The van der Waals surface area contributed by atoms with Crippen molar-refractivity contribution in [2.75, 3.05) is 12.4 Å². The number of nitrogens with one attached hydrogen (secondary N) is 1. The Morgan fingerprint density at radius 1 is 1.06 bits per heavy atom.